The molecule has 3 rings (SSSR count). The average Bonchev–Trinajstić information content (AvgIpc) is 2.82. The number of hydrogen-bond donors (Lipinski definition) is 2. The van der Waals surface area contributed by atoms with Crippen LogP contribution in [-0.2, 0) is 4.79 Å². The van der Waals surface area contributed by atoms with Gasteiger partial charge in [0.1, 0.15) is 0 Å². The van der Waals surface area contributed by atoms with E-state index in [0.717, 1.165) is 48.7 Å². The summed E-state index contributed by atoms with van der Waals surface area (Å²) in [6.45, 7) is 10.6. The first-order valence-corrected chi connectivity index (χ1v) is 12.0. The Kier molecular flexibility index (Phi) is 8.26. The highest BCUT2D eigenvalue weighted by atomic mass is 16.2. The molecule has 1 atom stereocenters. The first-order chi connectivity index (χ1) is 15.9. The van der Waals surface area contributed by atoms with Crippen molar-refractivity contribution in [1.82, 2.24) is 10.2 Å². The monoisotopic (exact) mass is 449 g/mol. The number of nitrogens with one attached hydrogen (secondary N) is 2. The Morgan fingerprint density at radius 3 is 2.52 bits per heavy atom. The van der Waals surface area contributed by atoms with Crippen molar-refractivity contribution in [2.75, 3.05) is 18.4 Å². The molecule has 3 amide bonds. The summed E-state index contributed by atoms with van der Waals surface area (Å²) in [5, 5.41) is 7.94. The quantitative estimate of drug-likeness (QED) is 0.265. The molecular weight excluding hydrogens is 414 g/mol. The van der Waals surface area contributed by atoms with Gasteiger partial charge in [0, 0.05) is 46.7 Å². The summed E-state index contributed by atoms with van der Waals surface area (Å²) in [6.07, 6.45) is 7.34. The second-order valence-corrected chi connectivity index (χ2v) is 8.72. The van der Waals surface area contributed by atoms with Gasteiger partial charge < -0.3 is 10.6 Å². The highest BCUT2D eigenvalue weighted by Gasteiger charge is 2.33. The minimum Gasteiger partial charge on any atom is -0.382 e. The van der Waals surface area contributed by atoms with Gasteiger partial charge in [0.05, 0.1) is 0 Å². The maximum absolute atomic E-state index is 13.3. The number of carbonyl (C=O) groups is 3. The van der Waals surface area contributed by atoms with Gasteiger partial charge in [-0.3, -0.25) is 19.3 Å². The molecular formula is C27H35N3O3. The molecule has 33 heavy (non-hydrogen) atoms. The summed E-state index contributed by atoms with van der Waals surface area (Å²) < 4.78 is 0. The predicted molar refractivity (Wildman–Crippen MR) is 134 cm³/mol. The zero-order valence-electron chi connectivity index (χ0n) is 20.0. The van der Waals surface area contributed by atoms with Gasteiger partial charge in [-0.05, 0) is 43.5 Å². The second-order valence-electron chi connectivity index (χ2n) is 8.72. The summed E-state index contributed by atoms with van der Waals surface area (Å²) >= 11 is 0. The summed E-state index contributed by atoms with van der Waals surface area (Å²) in [7, 11) is 0. The van der Waals surface area contributed by atoms with Gasteiger partial charge in [0.2, 0.25) is 5.91 Å². The number of hydrogen-bond acceptors (Lipinski definition) is 4. The molecule has 2 N–H and O–H groups in total. The maximum Gasteiger partial charge on any atom is 0.261 e. The fourth-order valence-corrected chi connectivity index (χ4v) is 4.45. The third-order valence-corrected chi connectivity index (χ3v) is 6.34. The van der Waals surface area contributed by atoms with E-state index in [1.807, 2.05) is 38.1 Å². The number of benzene rings is 2. The first kappa shape index (κ1) is 24.5. The van der Waals surface area contributed by atoms with Crippen LogP contribution in [0.3, 0.4) is 0 Å². The summed E-state index contributed by atoms with van der Waals surface area (Å²) in [5.41, 5.74) is 2.98. The Bertz CT molecular complexity index is 1060. The van der Waals surface area contributed by atoms with E-state index in [9.17, 15) is 14.4 Å². The largest absolute Gasteiger partial charge is 0.382 e. The smallest absolute Gasteiger partial charge is 0.261 e. The van der Waals surface area contributed by atoms with Crippen LogP contribution in [0.2, 0.25) is 0 Å². The zero-order chi connectivity index (χ0) is 24.0. The molecule has 0 aliphatic carbocycles. The van der Waals surface area contributed by atoms with Crippen molar-refractivity contribution < 1.29 is 14.4 Å². The van der Waals surface area contributed by atoms with Gasteiger partial charge in [0.15, 0.2) is 0 Å². The molecule has 2 aromatic rings. The number of nitrogens with zero attached hydrogens (tertiary/aromatic N) is 1. The molecule has 0 spiro atoms. The topological polar surface area (TPSA) is 78.5 Å². The van der Waals surface area contributed by atoms with Gasteiger partial charge in [0.25, 0.3) is 11.8 Å². The SMILES string of the molecule is C=CC(=O)NC(CC)CNc1c(C)cc2c3c(cccc13)C(=O)N(CCCCCCC)C2=O. The number of carbonyl (C=O) groups excluding carboxylic acids is 3. The molecule has 1 heterocycles. The van der Waals surface area contributed by atoms with Crippen molar-refractivity contribution in [3.8, 4) is 0 Å². The van der Waals surface area contributed by atoms with Gasteiger partial charge in [-0.2, -0.15) is 0 Å². The molecule has 6 heteroatoms. The number of unbranched alkanes of at least 4 members (excludes halogenated alkanes) is 4. The maximum atomic E-state index is 13.3. The number of imide groups is 1. The molecule has 0 saturated carbocycles. The number of aryl methyl sites for hydroxylation is 1. The highest BCUT2D eigenvalue weighted by Crippen LogP contribution is 2.36. The molecule has 2 aromatic carbocycles. The fraction of sp³-hybridized carbons (Fsp3) is 0.444. The summed E-state index contributed by atoms with van der Waals surface area (Å²) in [6, 6.07) is 7.45. The minimum atomic E-state index is -0.215. The van der Waals surface area contributed by atoms with E-state index in [-0.39, 0.29) is 23.8 Å². The predicted octanol–water partition coefficient (Wildman–Crippen LogP) is 5.21. The van der Waals surface area contributed by atoms with Crippen LogP contribution in [0.5, 0.6) is 0 Å². The second kappa shape index (κ2) is 11.1. The fourth-order valence-electron chi connectivity index (χ4n) is 4.45. The van der Waals surface area contributed by atoms with Crippen molar-refractivity contribution in [3.05, 3.63) is 53.6 Å². The van der Waals surface area contributed by atoms with E-state index in [0.29, 0.717) is 29.6 Å². The van der Waals surface area contributed by atoms with E-state index in [1.54, 1.807) is 0 Å². The Morgan fingerprint density at radius 1 is 1.09 bits per heavy atom. The van der Waals surface area contributed by atoms with Gasteiger partial charge >= 0.3 is 0 Å². The van der Waals surface area contributed by atoms with Gasteiger partial charge in [-0.15, -0.1) is 0 Å². The average molecular weight is 450 g/mol. The Balaban J connectivity index is 1.88. The molecule has 0 aromatic heterocycles. The Morgan fingerprint density at radius 2 is 1.82 bits per heavy atom. The van der Waals surface area contributed by atoms with Gasteiger partial charge in [-0.25, -0.2) is 0 Å². The minimum absolute atomic E-state index is 0.0628. The van der Waals surface area contributed by atoms with E-state index >= 15 is 0 Å². The summed E-state index contributed by atoms with van der Waals surface area (Å²) in [5.74, 6) is -0.630. The van der Waals surface area contributed by atoms with E-state index < -0.39 is 0 Å². The molecule has 0 radical (unpaired) electrons. The van der Waals surface area contributed by atoms with Crippen molar-refractivity contribution in [1.29, 1.82) is 0 Å². The molecule has 1 aliphatic rings. The Hall–Kier alpha value is -3.15. The van der Waals surface area contributed by atoms with Crippen LogP contribution in [0, 0.1) is 6.92 Å². The third kappa shape index (κ3) is 5.27. The molecule has 1 aliphatic heterocycles. The normalized spacial score (nSPS) is 13.8. The Labute approximate surface area is 196 Å². The van der Waals surface area contributed by atoms with E-state index in [4.69, 9.17) is 0 Å². The van der Waals surface area contributed by atoms with Crippen LogP contribution < -0.4 is 10.6 Å². The van der Waals surface area contributed by atoms with Crippen LogP contribution in [0.1, 0.15) is 78.7 Å². The lowest BCUT2D eigenvalue weighted by Crippen LogP contribution is -2.41. The van der Waals surface area contributed by atoms with Crippen LogP contribution in [0.25, 0.3) is 10.8 Å². The van der Waals surface area contributed by atoms with Crippen LogP contribution >= 0.6 is 0 Å². The molecule has 0 bridgehead atoms. The standard InChI is InChI=1S/C27H35N3O3/c1-5-8-9-10-11-15-30-26(32)21-14-12-13-20-24(21)22(27(30)33)16-18(4)25(20)28-17-19(6-2)29-23(31)7-3/h7,12-14,16,19,28H,3,5-6,8-11,15,17H2,1-2,4H3,(H,29,31). The molecule has 176 valence electrons. The number of anilines is 1. The lowest BCUT2D eigenvalue weighted by atomic mass is 9.90. The van der Waals surface area contributed by atoms with E-state index in [2.05, 4.69) is 24.1 Å². The molecule has 6 nitrogen and oxygen atoms in total. The van der Waals surface area contributed by atoms with Crippen molar-refractivity contribution in [2.24, 2.45) is 0 Å². The van der Waals surface area contributed by atoms with E-state index in [1.165, 1.54) is 17.4 Å². The number of amides is 3. The lowest BCUT2D eigenvalue weighted by molar-refractivity contribution is -0.117. The summed E-state index contributed by atoms with van der Waals surface area (Å²) in [4.78, 5) is 39.6. The van der Waals surface area contributed by atoms with Crippen LogP contribution in [-0.4, -0.2) is 41.8 Å². The van der Waals surface area contributed by atoms with Gasteiger partial charge in [-0.1, -0.05) is 58.2 Å². The van der Waals surface area contributed by atoms with Crippen molar-refractivity contribution in [2.45, 2.75) is 65.3 Å². The number of rotatable bonds is 12. The third-order valence-electron chi connectivity index (χ3n) is 6.34. The lowest BCUT2D eigenvalue weighted by Gasteiger charge is -2.29. The molecule has 0 saturated heterocycles. The zero-order valence-corrected chi connectivity index (χ0v) is 20.0. The van der Waals surface area contributed by atoms with Crippen molar-refractivity contribution in [3.63, 3.8) is 0 Å². The van der Waals surface area contributed by atoms with Crippen molar-refractivity contribution >= 4 is 34.2 Å². The molecule has 0 fully saturated rings. The first-order valence-electron chi connectivity index (χ1n) is 12.0. The highest BCUT2D eigenvalue weighted by molar-refractivity contribution is 6.27. The molecule has 1 unspecified atom stereocenters. The van der Waals surface area contributed by atoms with Crippen LogP contribution in [0.4, 0.5) is 5.69 Å². The van der Waals surface area contributed by atoms with Crippen LogP contribution in [0.15, 0.2) is 36.9 Å².